The summed E-state index contributed by atoms with van der Waals surface area (Å²) in [7, 11) is 0. The van der Waals surface area contributed by atoms with Crippen molar-refractivity contribution >= 4 is 0 Å². The minimum absolute atomic E-state index is 0.396. The third-order valence-electron chi connectivity index (χ3n) is 3.35. The van der Waals surface area contributed by atoms with E-state index in [0.717, 1.165) is 18.8 Å². The van der Waals surface area contributed by atoms with E-state index >= 15 is 0 Å². The maximum Gasteiger partial charge on any atom is 0.0934 e. The van der Waals surface area contributed by atoms with Crippen LogP contribution in [0.5, 0.6) is 0 Å². The van der Waals surface area contributed by atoms with Crippen LogP contribution in [-0.4, -0.2) is 6.04 Å². The van der Waals surface area contributed by atoms with Crippen LogP contribution in [0.3, 0.4) is 0 Å². The predicted molar refractivity (Wildman–Crippen MR) is 57.0 cm³/mol. The highest BCUT2D eigenvalue weighted by atomic mass is 16.3. The van der Waals surface area contributed by atoms with E-state index in [2.05, 4.69) is 0 Å². The number of nitrogens with two attached hydrogens (primary N) is 1. The SMILES string of the molecule is NC(CCc1ccoc1)C1CCCC1. The molecule has 1 aliphatic rings. The van der Waals surface area contributed by atoms with Crippen LogP contribution in [0, 0.1) is 5.92 Å². The van der Waals surface area contributed by atoms with Crippen LogP contribution in [-0.2, 0) is 6.42 Å². The molecule has 2 heteroatoms. The third-order valence-corrected chi connectivity index (χ3v) is 3.35. The lowest BCUT2D eigenvalue weighted by molar-refractivity contribution is 0.409. The molecule has 78 valence electrons. The third kappa shape index (κ3) is 2.38. The molecular formula is C12H19NO. The number of hydrogen-bond donors (Lipinski definition) is 1. The first kappa shape index (κ1) is 9.78. The van der Waals surface area contributed by atoms with Crippen LogP contribution in [0.15, 0.2) is 23.0 Å². The molecule has 2 nitrogen and oxygen atoms in total. The molecular weight excluding hydrogens is 174 g/mol. The topological polar surface area (TPSA) is 39.2 Å². The highest BCUT2D eigenvalue weighted by molar-refractivity contribution is 5.05. The number of furan rings is 1. The van der Waals surface area contributed by atoms with Crippen LogP contribution >= 0.6 is 0 Å². The van der Waals surface area contributed by atoms with Crippen molar-refractivity contribution in [2.24, 2.45) is 11.7 Å². The van der Waals surface area contributed by atoms with Crippen molar-refractivity contribution in [3.05, 3.63) is 24.2 Å². The van der Waals surface area contributed by atoms with Gasteiger partial charge in [-0.2, -0.15) is 0 Å². The minimum Gasteiger partial charge on any atom is -0.472 e. The number of hydrogen-bond acceptors (Lipinski definition) is 2. The van der Waals surface area contributed by atoms with Crippen LogP contribution in [0.4, 0.5) is 0 Å². The summed E-state index contributed by atoms with van der Waals surface area (Å²) in [5.41, 5.74) is 7.44. The van der Waals surface area contributed by atoms with Crippen molar-refractivity contribution in [3.63, 3.8) is 0 Å². The van der Waals surface area contributed by atoms with E-state index in [1.165, 1.54) is 31.2 Å². The summed E-state index contributed by atoms with van der Waals surface area (Å²) >= 11 is 0. The van der Waals surface area contributed by atoms with E-state index in [0.29, 0.717) is 6.04 Å². The molecule has 1 heterocycles. The fourth-order valence-electron chi connectivity index (χ4n) is 2.39. The Kier molecular flexibility index (Phi) is 3.25. The second kappa shape index (κ2) is 4.65. The highest BCUT2D eigenvalue weighted by Crippen LogP contribution is 2.28. The molecule has 1 fully saturated rings. The molecule has 0 radical (unpaired) electrons. The van der Waals surface area contributed by atoms with Crippen molar-refractivity contribution in [2.45, 2.75) is 44.6 Å². The molecule has 1 saturated carbocycles. The molecule has 0 spiro atoms. The van der Waals surface area contributed by atoms with Gasteiger partial charge in [-0.25, -0.2) is 0 Å². The second-order valence-corrected chi connectivity index (χ2v) is 4.38. The van der Waals surface area contributed by atoms with Crippen molar-refractivity contribution in [1.29, 1.82) is 0 Å². The molecule has 14 heavy (non-hydrogen) atoms. The molecule has 0 amide bonds. The summed E-state index contributed by atoms with van der Waals surface area (Å²) in [6.45, 7) is 0. The lowest BCUT2D eigenvalue weighted by Crippen LogP contribution is -2.28. The summed E-state index contributed by atoms with van der Waals surface area (Å²) in [5.74, 6) is 0.780. The van der Waals surface area contributed by atoms with Gasteiger partial charge in [-0.3, -0.25) is 0 Å². The van der Waals surface area contributed by atoms with Gasteiger partial charge in [0.25, 0.3) is 0 Å². The second-order valence-electron chi connectivity index (χ2n) is 4.38. The van der Waals surface area contributed by atoms with E-state index in [1.54, 1.807) is 6.26 Å². The Bertz CT molecular complexity index is 249. The molecule has 0 bridgehead atoms. The molecule has 0 saturated heterocycles. The average molecular weight is 193 g/mol. The Balaban J connectivity index is 1.74. The van der Waals surface area contributed by atoms with Gasteiger partial charge in [-0.1, -0.05) is 12.8 Å². The molecule has 0 aromatic carbocycles. The summed E-state index contributed by atoms with van der Waals surface area (Å²) in [6.07, 6.45) is 11.2. The lowest BCUT2D eigenvalue weighted by atomic mass is 9.94. The number of aryl methyl sites for hydroxylation is 1. The Morgan fingerprint density at radius 3 is 2.86 bits per heavy atom. The van der Waals surface area contributed by atoms with Crippen LogP contribution in [0.25, 0.3) is 0 Å². The van der Waals surface area contributed by atoms with Gasteiger partial charge < -0.3 is 10.2 Å². The fourth-order valence-corrected chi connectivity index (χ4v) is 2.39. The molecule has 0 aliphatic heterocycles. The van der Waals surface area contributed by atoms with Crippen LogP contribution in [0.2, 0.25) is 0 Å². The fraction of sp³-hybridized carbons (Fsp3) is 0.667. The molecule has 1 unspecified atom stereocenters. The summed E-state index contributed by atoms with van der Waals surface area (Å²) < 4.78 is 5.03. The van der Waals surface area contributed by atoms with Crippen molar-refractivity contribution in [2.75, 3.05) is 0 Å². The minimum atomic E-state index is 0.396. The standard InChI is InChI=1S/C12H19NO/c13-12(11-3-1-2-4-11)6-5-10-7-8-14-9-10/h7-9,11-12H,1-6,13H2. The molecule has 1 aromatic rings. The molecule has 1 aliphatic carbocycles. The Labute approximate surface area is 85.5 Å². The van der Waals surface area contributed by atoms with Crippen LogP contribution < -0.4 is 5.73 Å². The van der Waals surface area contributed by atoms with Gasteiger partial charge in [0.2, 0.25) is 0 Å². The maximum absolute atomic E-state index is 6.16. The first-order chi connectivity index (χ1) is 6.86. The number of rotatable bonds is 4. The van der Waals surface area contributed by atoms with Gasteiger partial charge in [0.1, 0.15) is 0 Å². The summed E-state index contributed by atoms with van der Waals surface area (Å²) in [6, 6.07) is 2.42. The monoisotopic (exact) mass is 193 g/mol. The quantitative estimate of drug-likeness (QED) is 0.798. The molecule has 1 atom stereocenters. The van der Waals surface area contributed by atoms with E-state index < -0.39 is 0 Å². The van der Waals surface area contributed by atoms with Crippen molar-refractivity contribution in [1.82, 2.24) is 0 Å². The first-order valence-corrected chi connectivity index (χ1v) is 5.63. The van der Waals surface area contributed by atoms with Gasteiger partial charge >= 0.3 is 0 Å². The van der Waals surface area contributed by atoms with E-state index in [-0.39, 0.29) is 0 Å². The first-order valence-electron chi connectivity index (χ1n) is 5.63. The normalized spacial score (nSPS) is 20.1. The largest absolute Gasteiger partial charge is 0.472 e. The molecule has 2 rings (SSSR count). The average Bonchev–Trinajstić information content (AvgIpc) is 2.87. The Morgan fingerprint density at radius 2 is 2.21 bits per heavy atom. The lowest BCUT2D eigenvalue weighted by Gasteiger charge is -2.17. The smallest absolute Gasteiger partial charge is 0.0934 e. The van der Waals surface area contributed by atoms with Gasteiger partial charge in [-0.05, 0) is 43.2 Å². The van der Waals surface area contributed by atoms with E-state index in [4.69, 9.17) is 10.2 Å². The maximum atomic E-state index is 6.16. The van der Waals surface area contributed by atoms with Crippen LogP contribution in [0.1, 0.15) is 37.7 Å². The van der Waals surface area contributed by atoms with Gasteiger partial charge in [-0.15, -0.1) is 0 Å². The molecule has 1 aromatic heterocycles. The zero-order valence-corrected chi connectivity index (χ0v) is 8.61. The van der Waals surface area contributed by atoms with Crippen molar-refractivity contribution in [3.8, 4) is 0 Å². The summed E-state index contributed by atoms with van der Waals surface area (Å²) in [4.78, 5) is 0. The molecule has 2 N–H and O–H groups in total. The van der Waals surface area contributed by atoms with Gasteiger partial charge in [0.05, 0.1) is 12.5 Å². The van der Waals surface area contributed by atoms with Gasteiger partial charge in [0.15, 0.2) is 0 Å². The zero-order valence-electron chi connectivity index (χ0n) is 8.61. The highest BCUT2D eigenvalue weighted by Gasteiger charge is 2.21. The Morgan fingerprint density at radius 1 is 1.43 bits per heavy atom. The zero-order chi connectivity index (χ0) is 9.80. The summed E-state index contributed by atoms with van der Waals surface area (Å²) in [5, 5.41) is 0. The van der Waals surface area contributed by atoms with E-state index in [9.17, 15) is 0 Å². The van der Waals surface area contributed by atoms with Crippen molar-refractivity contribution < 1.29 is 4.42 Å². The predicted octanol–water partition coefficient (Wildman–Crippen LogP) is 2.73. The van der Waals surface area contributed by atoms with E-state index in [1.807, 2.05) is 12.3 Å². The Hall–Kier alpha value is -0.760. The van der Waals surface area contributed by atoms with Gasteiger partial charge in [0, 0.05) is 6.04 Å².